The third-order valence-corrected chi connectivity index (χ3v) is 6.06. The molecule has 0 aromatic carbocycles. The fraction of sp³-hybridized carbons (Fsp3) is 0.765. The van der Waals surface area contributed by atoms with Gasteiger partial charge in [-0.05, 0) is 86.8 Å². The van der Waals surface area contributed by atoms with Gasteiger partial charge in [-0.3, -0.25) is 0 Å². The Labute approximate surface area is 116 Å². The Morgan fingerprint density at radius 2 is 1.79 bits per heavy atom. The SMILES string of the molecule is Cc1ccoc1CNCC1C2CC3CC(C2)CC1C3. The molecule has 19 heavy (non-hydrogen) atoms. The van der Waals surface area contributed by atoms with Gasteiger partial charge in [-0.25, -0.2) is 0 Å². The van der Waals surface area contributed by atoms with E-state index in [9.17, 15) is 0 Å². The topological polar surface area (TPSA) is 25.2 Å². The molecule has 2 nitrogen and oxygen atoms in total. The first-order chi connectivity index (χ1) is 9.29. The van der Waals surface area contributed by atoms with Gasteiger partial charge in [0.25, 0.3) is 0 Å². The first kappa shape index (κ1) is 12.0. The molecule has 2 heteroatoms. The molecule has 0 saturated heterocycles. The maximum Gasteiger partial charge on any atom is 0.120 e. The lowest BCUT2D eigenvalue weighted by atomic mass is 9.52. The van der Waals surface area contributed by atoms with E-state index in [1.807, 2.05) is 0 Å². The number of hydrogen-bond acceptors (Lipinski definition) is 2. The van der Waals surface area contributed by atoms with Gasteiger partial charge in [0.2, 0.25) is 0 Å². The fourth-order valence-electron chi connectivity index (χ4n) is 5.31. The van der Waals surface area contributed by atoms with Crippen LogP contribution in [0.3, 0.4) is 0 Å². The first-order valence-electron chi connectivity index (χ1n) is 8.03. The minimum atomic E-state index is 0.904. The Kier molecular flexibility index (Phi) is 2.95. The lowest BCUT2D eigenvalue weighted by molar-refractivity contribution is -0.0356. The van der Waals surface area contributed by atoms with Crippen LogP contribution in [0.5, 0.6) is 0 Å². The molecule has 4 aliphatic rings. The number of furan rings is 1. The predicted molar refractivity (Wildman–Crippen MR) is 75.7 cm³/mol. The Balaban J connectivity index is 1.35. The van der Waals surface area contributed by atoms with Gasteiger partial charge in [-0.15, -0.1) is 0 Å². The minimum Gasteiger partial charge on any atom is -0.468 e. The summed E-state index contributed by atoms with van der Waals surface area (Å²) in [6.45, 7) is 4.24. The van der Waals surface area contributed by atoms with Crippen molar-refractivity contribution in [3.63, 3.8) is 0 Å². The molecule has 4 fully saturated rings. The molecule has 5 rings (SSSR count). The van der Waals surface area contributed by atoms with Gasteiger partial charge in [0, 0.05) is 0 Å². The quantitative estimate of drug-likeness (QED) is 0.891. The van der Waals surface area contributed by atoms with Gasteiger partial charge in [0.1, 0.15) is 5.76 Å². The third kappa shape index (κ3) is 2.14. The summed E-state index contributed by atoms with van der Waals surface area (Å²) in [4.78, 5) is 0. The Bertz CT molecular complexity index is 422. The molecule has 0 aliphatic heterocycles. The maximum atomic E-state index is 5.51. The van der Waals surface area contributed by atoms with E-state index in [4.69, 9.17) is 4.42 Å². The van der Waals surface area contributed by atoms with Crippen molar-refractivity contribution < 1.29 is 4.42 Å². The van der Waals surface area contributed by atoms with Crippen LogP contribution in [0, 0.1) is 36.5 Å². The molecule has 0 unspecified atom stereocenters. The first-order valence-corrected chi connectivity index (χ1v) is 8.03. The standard InChI is InChI=1S/C17H25NO/c1-11-2-3-19-17(11)10-18-9-16-14-5-12-4-13(7-14)8-15(16)6-12/h2-3,12-16,18H,4-10H2,1H3. The number of nitrogens with one attached hydrogen (secondary N) is 1. The fourth-order valence-corrected chi connectivity index (χ4v) is 5.31. The normalized spacial score (nSPS) is 39.9. The molecule has 4 aliphatic carbocycles. The van der Waals surface area contributed by atoms with Crippen LogP contribution in [0.2, 0.25) is 0 Å². The van der Waals surface area contributed by atoms with Crippen molar-refractivity contribution in [2.75, 3.05) is 6.54 Å². The zero-order valence-electron chi connectivity index (χ0n) is 11.9. The molecule has 1 heterocycles. The predicted octanol–water partition coefficient (Wildman–Crippen LogP) is 3.75. The summed E-state index contributed by atoms with van der Waals surface area (Å²) in [5, 5.41) is 3.66. The zero-order valence-corrected chi connectivity index (χ0v) is 11.9. The summed E-state index contributed by atoms with van der Waals surface area (Å²) in [5.74, 6) is 6.30. The van der Waals surface area contributed by atoms with Crippen molar-refractivity contribution in [2.45, 2.75) is 45.6 Å². The molecular formula is C17H25NO. The van der Waals surface area contributed by atoms with Crippen molar-refractivity contribution in [2.24, 2.45) is 29.6 Å². The largest absolute Gasteiger partial charge is 0.468 e. The van der Waals surface area contributed by atoms with Crippen molar-refractivity contribution in [3.8, 4) is 0 Å². The minimum absolute atomic E-state index is 0.904. The molecule has 1 aromatic rings. The van der Waals surface area contributed by atoms with E-state index in [0.717, 1.165) is 41.9 Å². The second-order valence-corrected chi connectivity index (χ2v) is 7.25. The monoisotopic (exact) mass is 259 g/mol. The summed E-state index contributed by atoms with van der Waals surface area (Å²) in [6, 6.07) is 2.06. The van der Waals surface area contributed by atoms with Crippen LogP contribution in [0.4, 0.5) is 0 Å². The summed E-state index contributed by atoms with van der Waals surface area (Å²) in [7, 11) is 0. The summed E-state index contributed by atoms with van der Waals surface area (Å²) in [5.41, 5.74) is 1.28. The second-order valence-electron chi connectivity index (χ2n) is 7.25. The van der Waals surface area contributed by atoms with Crippen molar-refractivity contribution >= 4 is 0 Å². The van der Waals surface area contributed by atoms with Crippen LogP contribution in [-0.2, 0) is 6.54 Å². The highest BCUT2D eigenvalue weighted by molar-refractivity contribution is 5.14. The molecule has 0 atom stereocenters. The highest BCUT2D eigenvalue weighted by Gasteiger charge is 2.47. The van der Waals surface area contributed by atoms with Crippen molar-refractivity contribution in [3.05, 3.63) is 23.7 Å². The van der Waals surface area contributed by atoms with E-state index >= 15 is 0 Å². The Morgan fingerprint density at radius 1 is 1.11 bits per heavy atom. The van der Waals surface area contributed by atoms with E-state index in [1.165, 1.54) is 37.8 Å². The van der Waals surface area contributed by atoms with Crippen LogP contribution in [-0.4, -0.2) is 6.54 Å². The lowest BCUT2D eigenvalue weighted by Gasteiger charge is -2.54. The highest BCUT2D eigenvalue weighted by atomic mass is 16.3. The van der Waals surface area contributed by atoms with Crippen LogP contribution in [0.1, 0.15) is 43.4 Å². The van der Waals surface area contributed by atoms with Crippen LogP contribution >= 0.6 is 0 Å². The highest BCUT2D eigenvalue weighted by Crippen LogP contribution is 2.56. The summed E-state index contributed by atoms with van der Waals surface area (Å²) >= 11 is 0. The number of rotatable bonds is 4. The van der Waals surface area contributed by atoms with Crippen molar-refractivity contribution in [1.29, 1.82) is 0 Å². The zero-order chi connectivity index (χ0) is 12.8. The summed E-state index contributed by atoms with van der Waals surface area (Å²) in [6.07, 6.45) is 9.46. The number of hydrogen-bond donors (Lipinski definition) is 1. The van der Waals surface area contributed by atoms with E-state index in [2.05, 4.69) is 18.3 Å². The van der Waals surface area contributed by atoms with Gasteiger partial charge in [0.05, 0.1) is 12.8 Å². The molecule has 1 N–H and O–H groups in total. The number of aryl methyl sites for hydroxylation is 1. The molecule has 0 radical (unpaired) electrons. The maximum absolute atomic E-state index is 5.51. The van der Waals surface area contributed by atoms with Crippen molar-refractivity contribution in [1.82, 2.24) is 5.32 Å². The second kappa shape index (κ2) is 4.66. The average molecular weight is 259 g/mol. The molecule has 0 spiro atoms. The van der Waals surface area contributed by atoms with Gasteiger partial charge < -0.3 is 9.73 Å². The molecule has 104 valence electrons. The molecule has 1 aromatic heterocycles. The van der Waals surface area contributed by atoms with E-state index in [-0.39, 0.29) is 0 Å². The summed E-state index contributed by atoms with van der Waals surface area (Å²) < 4.78 is 5.51. The van der Waals surface area contributed by atoms with E-state index in [0.29, 0.717) is 0 Å². The molecule has 4 saturated carbocycles. The van der Waals surface area contributed by atoms with Crippen LogP contribution < -0.4 is 5.32 Å². The van der Waals surface area contributed by atoms with Crippen LogP contribution in [0.15, 0.2) is 16.7 Å². The van der Waals surface area contributed by atoms with Crippen LogP contribution in [0.25, 0.3) is 0 Å². The molecule has 4 bridgehead atoms. The van der Waals surface area contributed by atoms with Gasteiger partial charge in [-0.2, -0.15) is 0 Å². The Morgan fingerprint density at radius 3 is 2.37 bits per heavy atom. The van der Waals surface area contributed by atoms with E-state index < -0.39 is 0 Å². The smallest absolute Gasteiger partial charge is 0.120 e. The average Bonchev–Trinajstić information content (AvgIpc) is 2.78. The molecular weight excluding hydrogens is 234 g/mol. The van der Waals surface area contributed by atoms with Gasteiger partial charge >= 0.3 is 0 Å². The third-order valence-electron chi connectivity index (χ3n) is 6.06. The van der Waals surface area contributed by atoms with Gasteiger partial charge in [-0.1, -0.05) is 0 Å². The molecule has 0 amide bonds. The van der Waals surface area contributed by atoms with E-state index in [1.54, 1.807) is 12.7 Å². The lowest BCUT2D eigenvalue weighted by Crippen LogP contribution is -2.48. The van der Waals surface area contributed by atoms with Gasteiger partial charge in [0.15, 0.2) is 0 Å². The Hall–Kier alpha value is -0.760.